The van der Waals surface area contributed by atoms with E-state index in [1.165, 1.54) is 0 Å². The van der Waals surface area contributed by atoms with Crippen molar-refractivity contribution >= 4 is 10.9 Å². The fourth-order valence-electron chi connectivity index (χ4n) is 0.454. The second kappa shape index (κ2) is 4.68. The zero-order chi connectivity index (χ0) is 8.15. The summed E-state index contributed by atoms with van der Waals surface area (Å²) >= 11 is 0. The summed E-state index contributed by atoms with van der Waals surface area (Å²) in [6.07, 6.45) is 0. The summed E-state index contributed by atoms with van der Waals surface area (Å²) in [4.78, 5) is 0. The van der Waals surface area contributed by atoms with Crippen LogP contribution in [0.25, 0.3) is 0 Å². The lowest BCUT2D eigenvalue weighted by Gasteiger charge is -2.12. The monoisotopic (exact) mass is 165 g/mol. The maximum Gasteiger partial charge on any atom is 0.201 e. The fourth-order valence-corrected chi connectivity index (χ4v) is 0.891. The Hall–Kier alpha value is -0.0900. The molecule has 1 atom stereocenters. The van der Waals surface area contributed by atoms with Gasteiger partial charge in [-0.1, -0.05) is 20.8 Å². The zero-order valence-electron chi connectivity index (χ0n) is 6.63. The lowest BCUT2D eigenvalue weighted by Crippen LogP contribution is -2.22. The van der Waals surface area contributed by atoms with Crippen LogP contribution < -0.4 is 4.72 Å². The third-order valence-electron chi connectivity index (χ3n) is 1.68. The quantitative estimate of drug-likeness (QED) is 0.592. The predicted molar refractivity (Wildman–Crippen MR) is 42.3 cm³/mol. The SMILES string of the molecule is CC(C)[C@H](C)CN[SH](=O)=O. The molecule has 0 aliphatic heterocycles. The van der Waals surface area contributed by atoms with Crippen LogP contribution in [0.1, 0.15) is 20.8 Å². The van der Waals surface area contributed by atoms with Crippen LogP contribution in [-0.2, 0) is 10.9 Å². The van der Waals surface area contributed by atoms with Crippen molar-refractivity contribution in [2.45, 2.75) is 20.8 Å². The first kappa shape index (κ1) is 9.91. The van der Waals surface area contributed by atoms with Crippen molar-refractivity contribution in [1.82, 2.24) is 4.72 Å². The molecule has 0 aromatic carbocycles. The molecule has 0 rings (SSSR count). The first-order chi connectivity index (χ1) is 4.54. The number of hydrogen-bond donors (Lipinski definition) is 2. The first-order valence-corrected chi connectivity index (χ1v) is 4.59. The molecule has 0 aliphatic rings. The Morgan fingerprint density at radius 2 is 1.80 bits per heavy atom. The van der Waals surface area contributed by atoms with Crippen LogP contribution in [0.5, 0.6) is 0 Å². The molecule has 0 amide bonds. The molecule has 0 spiro atoms. The summed E-state index contributed by atoms with van der Waals surface area (Å²) in [6.45, 7) is 6.72. The Labute approximate surface area is 63.9 Å². The molecule has 0 aromatic heterocycles. The largest absolute Gasteiger partial charge is 0.217 e. The molecule has 0 saturated carbocycles. The van der Waals surface area contributed by atoms with E-state index in [0.29, 0.717) is 18.4 Å². The van der Waals surface area contributed by atoms with Crippen LogP contribution in [0, 0.1) is 11.8 Å². The molecule has 0 unspecified atom stereocenters. The Morgan fingerprint density at radius 1 is 1.30 bits per heavy atom. The second-order valence-corrected chi connectivity index (χ2v) is 3.67. The predicted octanol–water partition coefficient (Wildman–Crippen LogP) is 0.395. The molecule has 1 N–H and O–H groups in total. The van der Waals surface area contributed by atoms with Gasteiger partial charge in [-0.05, 0) is 11.8 Å². The van der Waals surface area contributed by atoms with Gasteiger partial charge in [-0.15, -0.1) is 0 Å². The van der Waals surface area contributed by atoms with E-state index in [1.54, 1.807) is 0 Å². The van der Waals surface area contributed by atoms with Crippen LogP contribution >= 0.6 is 0 Å². The summed E-state index contributed by atoms with van der Waals surface area (Å²) < 4.78 is 22.5. The minimum Gasteiger partial charge on any atom is -0.217 e. The maximum absolute atomic E-state index is 10.1. The highest BCUT2D eigenvalue weighted by atomic mass is 32.2. The van der Waals surface area contributed by atoms with E-state index < -0.39 is 10.9 Å². The van der Waals surface area contributed by atoms with E-state index >= 15 is 0 Å². The normalized spacial score (nSPS) is 14.5. The van der Waals surface area contributed by atoms with Crippen LogP contribution in [-0.4, -0.2) is 15.0 Å². The third-order valence-corrected chi connectivity index (χ3v) is 2.12. The maximum atomic E-state index is 10.1. The van der Waals surface area contributed by atoms with Crippen molar-refractivity contribution in [1.29, 1.82) is 0 Å². The average Bonchev–Trinajstić information content (AvgIpc) is 1.82. The zero-order valence-corrected chi connectivity index (χ0v) is 7.52. The van der Waals surface area contributed by atoms with Gasteiger partial charge in [0.2, 0.25) is 10.9 Å². The van der Waals surface area contributed by atoms with Crippen molar-refractivity contribution in [2.24, 2.45) is 11.8 Å². The summed E-state index contributed by atoms with van der Waals surface area (Å²) in [7, 11) is -2.41. The van der Waals surface area contributed by atoms with Gasteiger partial charge in [0.25, 0.3) is 0 Å². The highest BCUT2D eigenvalue weighted by molar-refractivity contribution is 7.70. The van der Waals surface area contributed by atoms with Gasteiger partial charge in [0, 0.05) is 6.54 Å². The van der Waals surface area contributed by atoms with Crippen molar-refractivity contribution in [2.75, 3.05) is 6.54 Å². The molecule has 0 fully saturated rings. The topological polar surface area (TPSA) is 46.2 Å². The Bertz CT molecular complexity index is 146. The molecule has 3 nitrogen and oxygen atoms in total. The van der Waals surface area contributed by atoms with Crippen LogP contribution in [0.2, 0.25) is 0 Å². The van der Waals surface area contributed by atoms with Crippen molar-refractivity contribution < 1.29 is 8.42 Å². The minimum atomic E-state index is -2.41. The van der Waals surface area contributed by atoms with Crippen LogP contribution in [0.15, 0.2) is 0 Å². The summed E-state index contributed by atoms with van der Waals surface area (Å²) in [5, 5.41) is 0. The van der Waals surface area contributed by atoms with Crippen molar-refractivity contribution in [3.05, 3.63) is 0 Å². The van der Waals surface area contributed by atoms with Gasteiger partial charge in [0.15, 0.2) is 0 Å². The molecule has 0 aliphatic carbocycles. The smallest absolute Gasteiger partial charge is 0.201 e. The molecule has 62 valence electrons. The molecule has 0 saturated heterocycles. The lowest BCUT2D eigenvalue weighted by atomic mass is 9.99. The highest BCUT2D eigenvalue weighted by Gasteiger charge is 2.05. The molecule has 0 heterocycles. The van der Waals surface area contributed by atoms with Crippen molar-refractivity contribution in [3.63, 3.8) is 0 Å². The Kier molecular flexibility index (Phi) is 4.64. The minimum absolute atomic E-state index is 0.410. The summed E-state index contributed by atoms with van der Waals surface area (Å²) in [6, 6.07) is 0. The van der Waals surface area contributed by atoms with Gasteiger partial charge in [-0.3, -0.25) is 0 Å². The van der Waals surface area contributed by atoms with E-state index in [2.05, 4.69) is 18.6 Å². The molecule has 0 aromatic rings. The summed E-state index contributed by atoms with van der Waals surface area (Å²) in [5.74, 6) is 0.940. The Balaban J connectivity index is 3.49. The van der Waals surface area contributed by atoms with E-state index in [-0.39, 0.29) is 0 Å². The van der Waals surface area contributed by atoms with E-state index in [9.17, 15) is 8.42 Å². The average molecular weight is 165 g/mol. The van der Waals surface area contributed by atoms with Gasteiger partial charge in [0.1, 0.15) is 0 Å². The standard InChI is InChI=1S/C6H15NO2S/c1-5(2)6(3)4-7-10(8)9/h5-6,10H,4H2,1-3H3,(H,7,8,9)/t6-/m1/s1. The van der Waals surface area contributed by atoms with Crippen LogP contribution in [0.3, 0.4) is 0 Å². The van der Waals surface area contributed by atoms with E-state index in [0.717, 1.165) is 0 Å². The Morgan fingerprint density at radius 3 is 2.10 bits per heavy atom. The number of thiol groups is 1. The molecule has 0 bridgehead atoms. The van der Waals surface area contributed by atoms with Gasteiger partial charge in [0.05, 0.1) is 0 Å². The van der Waals surface area contributed by atoms with Gasteiger partial charge >= 0.3 is 0 Å². The summed E-state index contributed by atoms with van der Waals surface area (Å²) in [5.41, 5.74) is 0. The first-order valence-electron chi connectivity index (χ1n) is 3.42. The van der Waals surface area contributed by atoms with Crippen LogP contribution in [0.4, 0.5) is 0 Å². The van der Waals surface area contributed by atoms with Gasteiger partial charge in [-0.2, -0.15) is 0 Å². The lowest BCUT2D eigenvalue weighted by molar-refractivity contribution is 0.416. The molecule has 10 heavy (non-hydrogen) atoms. The fraction of sp³-hybridized carbons (Fsp3) is 1.00. The molecular formula is C6H15NO2S. The third kappa shape index (κ3) is 4.76. The number of nitrogens with one attached hydrogen (secondary N) is 1. The second-order valence-electron chi connectivity index (χ2n) is 2.84. The number of hydrogen-bond acceptors (Lipinski definition) is 2. The van der Waals surface area contributed by atoms with Gasteiger partial charge in [-0.25, -0.2) is 13.1 Å². The highest BCUT2D eigenvalue weighted by Crippen LogP contribution is 2.06. The van der Waals surface area contributed by atoms with Gasteiger partial charge < -0.3 is 0 Å². The van der Waals surface area contributed by atoms with E-state index in [4.69, 9.17) is 0 Å². The molecular weight excluding hydrogens is 150 g/mol. The van der Waals surface area contributed by atoms with E-state index in [1.807, 2.05) is 6.92 Å². The molecule has 4 heteroatoms. The van der Waals surface area contributed by atoms with Crippen molar-refractivity contribution in [3.8, 4) is 0 Å². The molecule has 0 radical (unpaired) electrons. The number of rotatable bonds is 4.